The van der Waals surface area contributed by atoms with E-state index in [0.29, 0.717) is 25.1 Å². The van der Waals surface area contributed by atoms with Crippen LogP contribution in [0.1, 0.15) is 22.3 Å². The second-order valence-corrected chi connectivity index (χ2v) is 5.28. The molecule has 2 aromatic rings. The number of amides is 1. The molecule has 2 heterocycles. The first-order valence-electron chi connectivity index (χ1n) is 7.24. The molecule has 3 rings (SSSR count). The molecule has 0 bridgehead atoms. The Morgan fingerprint density at radius 1 is 1.48 bits per heavy atom. The number of benzene rings is 1. The molecule has 0 spiro atoms. The average molecular weight is 312 g/mol. The van der Waals surface area contributed by atoms with E-state index in [1.807, 2.05) is 4.57 Å². The molecule has 1 aliphatic rings. The summed E-state index contributed by atoms with van der Waals surface area (Å²) in [6.07, 6.45) is 5.97. The highest BCUT2D eigenvalue weighted by Gasteiger charge is 2.27. The van der Waals surface area contributed by atoms with Gasteiger partial charge in [-0.3, -0.25) is 4.79 Å². The van der Waals surface area contributed by atoms with Crippen LogP contribution in [0.3, 0.4) is 0 Å². The standard InChI is InChI=1S/C15H15BN3O4/c20-13(4-6-19-7-5-17-9-19)18-12-8-10-2-1-3-11(15(21)22)14(10)23-16-12/h1-3,5,7,9,12H,4,6,8H2,(H,18,20)(H,21,22). The maximum Gasteiger partial charge on any atom is 0.394 e. The highest BCUT2D eigenvalue weighted by molar-refractivity contribution is 6.32. The molecule has 2 N–H and O–H groups in total. The van der Waals surface area contributed by atoms with Crippen molar-refractivity contribution in [3.05, 3.63) is 48.0 Å². The summed E-state index contributed by atoms with van der Waals surface area (Å²) < 4.78 is 7.27. The molecule has 1 aromatic carbocycles. The third-order valence-electron chi connectivity index (χ3n) is 3.62. The zero-order valence-electron chi connectivity index (χ0n) is 12.3. The quantitative estimate of drug-likeness (QED) is 0.792. The van der Waals surface area contributed by atoms with Gasteiger partial charge < -0.3 is 19.6 Å². The topological polar surface area (TPSA) is 93.5 Å². The molecule has 1 aliphatic heterocycles. The second-order valence-electron chi connectivity index (χ2n) is 5.28. The fourth-order valence-electron chi connectivity index (χ4n) is 2.50. The predicted molar refractivity (Wildman–Crippen MR) is 82.3 cm³/mol. The highest BCUT2D eigenvalue weighted by Crippen LogP contribution is 2.28. The van der Waals surface area contributed by atoms with Gasteiger partial charge in [-0.25, -0.2) is 9.78 Å². The number of aromatic carboxylic acids is 1. The van der Waals surface area contributed by atoms with Gasteiger partial charge in [-0.15, -0.1) is 0 Å². The van der Waals surface area contributed by atoms with Crippen LogP contribution in [0.25, 0.3) is 0 Å². The van der Waals surface area contributed by atoms with Crippen molar-refractivity contribution in [2.75, 3.05) is 0 Å². The number of carboxylic acid groups (broad SMARTS) is 1. The van der Waals surface area contributed by atoms with E-state index in [1.54, 1.807) is 30.9 Å². The number of imidazole rings is 1. The summed E-state index contributed by atoms with van der Waals surface area (Å²) in [5, 5.41) is 12.0. The Labute approximate surface area is 133 Å². The van der Waals surface area contributed by atoms with Gasteiger partial charge in [0.25, 0.3) is 0 Å². The van der Waals surface area contributed by atoms with Crippen LogP contribution in [0.2, 0.25) is 0 Å². The van der Waals surface area contributed by atoms with Crippen LogP contribution >= 0.6 is 0 Å². The Morgan fingerprint density at radius 3 is 3.09 bits per heavy atom. The maximum atomic E-state index is 12.0. The van der Waals surface area contributed by atoms with Crippen LogP contribution in [-0.2, 0) is 17.8 Å². The van der Waals surface area contributed by atoms with Crippen LogP contribution < -0.4 is 9.97 Å². The van der Waals surface area contributed by atoms with E-state index in [1.165, 1.54) is 13.5 Å². The summed E-state index contributed by atoms with van der Waals surface area (Å²) in [6.45, 7) is 0.555. The number of rotatable bonds is 5. The molecular weight excluding hydrogens is 297 g/mol. The van der Waals surface area contributed by atoms with E-state index in [0.717, 1.165) is 5.56 Å². The normalized spacial score (nSPS) is 15.9. The summed E-state index contributed by atoms with van der Waals surface area (Å²) in [5.41, 5.74) is 0.899. The van der Waals surface area contributed by atoms with Gasteiger partial charge in [-0.1, -0.05) is 12.1 Å². The summed E-state index contributed by atoms with van der Waals surface area (Å²) in [6, 6.07) is 4.98. The number of hydrogen-bond acceptors (Lipinski definition) is 4. The lowest BCUT2D eigenvalue weighted by Gasteiger charge is -2.26. The molecule has 1 atom stereocenters. The van der Waals surface area contributed by atoms with Crippen molar-refractivity contribution in [1.29, 1.82) is 0 Å². The molecule has 0 saturated heterocycles. The minimum Gasteiger partial charge on any atom is -0.560 e. The van der Waals surface area contributed by atoms with Crippen molar-refractivity contribution in [1.82, 2.24) is 14.9 Å². The number of para-hydroxylation sites is 1. The van der Waals surface area contributed by atoms with Crippen molar-refractivity contribution in [3.8, 4) is 5.75 Å². The Hall–Kier alpha value is -2.77. The van der Waals surface area contributed by atoms with Gasteiger partial charge in [0.2, 0.25) is 5.91 Å². The Bertz CT molecular complexity index is 718. The van der Waals surface area contributed by atoms with Crippen LogP contribution in [0, 0.1) is 0 Å². The smallest absolute Gasteiger partial charge is 0.394 e. The molecule has 8 heteroatoms. The van der Waals surface area contributed by atoms with E-state index in [9.17, 15) is 9.59 Å². The largest absolute Gasteiger partial charge is 0.560 e. The second kappa shape index (κ2) is 6.56. The number of carboxylic acids is 1. The van der Waals surface area contributed by atoms with Crippen molar-refractivity contribution in [3.63, 3.8) is 0 Å². The van der Waals surface area contributed by atoms with E-state index in [-0.39, 0.29) is 17.4 Å². The first-order chi connectivity index (χ1) is 11.1. The van der Waals surface area contributed by atoms with Crippen LogP contribution in [0.5, 0.6) is 5.75 Å². The van der Waals surface area contributed by atoms with Crippen molar-refractivity contribution >= 4 is 19.4 Å². The van der Waals surface area contributed by atoms with Crippen molar-refractivity contribution in [2.45, 2.75) is 25.3 Å². The van der Waals surface area contributed by atoms with E-state index in [4.69, 9.17) is 9.76 Å². The minimum atomic E-state index is -1.03. The fourth-order valence-corrected chi connectivity index (χ4v) is 2.50. The zero-order valence-corrected chi connectivity index (χ0v) is 12.3. The number of nitrogens with zero attached hydrogens (tertiary/aromatic N) is 2. The lowest BCUT2D eigenvalue weighted by atomic mass is 9.79. The molecule has 1 aromatic heterocycles. The Kier molecular flexibility index (Phi) is 4.32. The lowest BCUT2D eigenvalue weighted by Crippen LogP contribution is -2.45. The van der Waals surface area contributed by atoms with E-state index in [2.05, 4.69) is 10.3 Å². The average Bonchev–Trinajstić information content (AvgIpc) is 3.05. The first kappa shape index (κ1) is 15.1. The fraction of sp³-hybridized carbons (Fsp3) is 0.267. The van der Waals surface area contributed by atoms with Gasteiger partial charge in [0, 0.05) is 31.3 Å². The molecule has 7 nitrogen and oxygen atoms in total. The Balaban J connectivity index is 1.58. The summed E-state index contributed by atoms with van der Waals surface area (Å²) in [7, 11) is 1.48. The van der Waals surface area contributed by atoms with Gasteiger partial charge >= 0.3 is 13.5 Å². The van der Waals surface area contributed by atoms with Crippen molar-refractivity contribution < 1.29 is 19.3 Å². The number of fused-ring (bicyclic) bond motifs is 1. The summed E-state index contributed by atoms with van der Waals surface area (Å²) >= 11 is 0. The molecule has 117 valence electrons. The number of aromatic nitrogens is 2. The third kappa shape index (κ3) is 3.53. The molecule has 1 amide bonds. The number of carbonyl (C=O) groups is 2. The lowest BCUT2D eigenvalue weighted by molar-refractivity contribution is -0.121. The number of hydrogen-bond donors (Lipinski definition) is 2. The van der Waals surface area contributed by atoms with Crippen molar-refractivity contribution in [2.24, 2.45) is 0 Å². The molecular formula is C15H15BN3O4. The SMILES string of the molecule is O=C(CCn1ccnc1)NC1[B]Oc2c(cccc2C(=O)O)C1. The number of nitrogens with one attached hydrogen (secondary N) is 1. The van der Waals surface area contributed by atoms with Gasteiger partial charge in [0.15, 0.2) is 0 Å². The minimum absolute atomic E-state index is 0.0959. The third-order valence-corrected chi connectivity index (χ3v) is 3.62. The van der Waals surface area contributed by atoms with E-state index >= 15 is 0 Å². The summed E-state index contributed by atoms with van der Waals surface area (Å²) in [5.74, 6) is -1.05. The van der Waals surface area contributed by atoms with Crippen LogP contribution in [-0.4, -0.2) is 40.0 Å². The molecule has 23 heavy (non-hydrogen) atoms. The maximum absolute atomic E-state index is 12.0. The summed E-state index contributed by atoms with van der Waals surface area (Å²) in [4.78, 5) is 27.1. The van der Waals surface area contributed by atoms with Crippen LogP contribution in [0.15, 0.2) is 36.9 Å². The molecule has 1 radical (unpaired) electrons. The van der Waals surface area contributed by atoms with Gasteiger partial charge in [0.1, 0.15) is 5.75 Å². The number of carbonyl (C=O) groups excluding carboxylic acids is 1. The Morgan fingerprint density at radius 2 is 2.35 bits per heavy atom. The molecule has 0 fully saturated rings. The monoisotopic (exact) mass is 312 g/mol. The molecule has 0 aliphatic carbocycles. The first-order valence-corrected chi connectivity index (χ1v) is 7.24. The zero-order chi connectivity index (χ0) is 16.2. The highest BCUT2D eigenvalue weighted by atomic mass is 16.4. The van der Waals surface area contributed by atoms with Crippen LogP contribution in [0.4, 0.5) is 0 Å². The van der Waals surface area contributed by atoms with Gasteiger partial charge in [-0.2, -0.15) is 0 Å². The number of aryl methyl sites for hydroxylation is 1. The molecule has 1 unspecified atom stereocenters. The molecule has 0 saturated carbocycles. The van der Waals surface area contributed by atoms with Gasteiger partial charge in [-0.05, 0) is 18.1 Å². The van der Waals surface area contributed by atoms with Gasteiger partial charge in [0.05, 0.1) is 11.9 Å². The predicted octanol–water partition coefficient (Wildman–Crippen LogP) is 0.668. The van der Waals surface area contributed by atoms with E-state index < -0.39 is 5.97 Å².